The molecule has 0 atom stereocenters. The molecule has 0 fully saturated rings. The van der Waals surface area contributed by atoms with E-state index in [2.05, 4.69) is 43.2 Å². The number of thioether (sulfide) groups is 1. The minimum Gasteiger partial charge on any atom is -0.463 e. The van der Waals surface area contributed by atoms with Crippen LogP contribution < -0.4 is 5.43 Å². The maximum Gasteiger partial charge on any atom is 0.250 e. The van der Waals surface area contributed by atoms with Crippen LogP contribution in [0, 0.1) is 0 Å². The highest BCUT2D eigenvalue weighted by Crippen LogP contribution is 2.26. The fourth-order valence-corrected chi connectivity index (χ4v) is 3.31. The fraction of sp³-hybridized carbons (Fsp3) is 0.158. The average molecular weight is 460 g/mol. The lowest BCUT2D eigenvalue weighted by Gasteiger charge is -2.10. The predicted octanol–water partition coefficient (Wildman–Crippen LogP) is 4.12. The molecule has 1 N–H and O–H groups in total. The van der Waals surface area contributed by atoms with Crippen molar-refractivity contribution in [2.75, 3.05) is 5.75 Å². The van der Waals surface area contributed by atoms with Crippen LogP contribution in [0.4, 0.5) is 0 Å². The number of carbonyl (C=O) groups is 1. The molecule has 2 heterocycles. The van der Waals surface area contributed by atoms with Crippen molar-refractivity contribution in [3.63, 3.8) is 0 Å². The quantitative estimate of drug-likeness (QED) is 0.237. The Labute approximate surface area is 175 Å². The summed E-state index contributed by atoms with van der Waals surface area (Å²) in [6.45, 7) is 6.49. The molecule has 1 amide bonds. The first-order valence-corrected chi connectivity index (χ1v) is 10.1. The van der Waals surface area contributed by atoms with E-state index >= 15 is 0 Å². The van der Waals surface area contributed by atoms with E-state index in [-0.39, 0.29) is 11.7 Å². The minimum atomic E-state index is -0.247. The van der Waals surface area contributed by atoms with Crippen LogP contribution in [0.3, 0.4) is 0 Å². The van der Waals surface area contributed by atoms with Gasteiger partial charge in [-0.05, 0) is 31.2 Å². The molecule has 9 heteroatoms. The standard InChI is InChI=1S/C19H18BrN5O2S/c1-13(2)11-25-18(14-5-7-15(20)8-6-14)23-24-19(25)28-12-17(26)22-21-10-16-4-3-9-27-16/h3-10H,1,11-12H2,2H3,(H,22,26)/b21-10+. The molecule has 0 spiro atoms. The molecule has 0 aliphatic heterocycles. The first kappa shape index (κ1) is 20.1. The molecule has 0 aliphatic rings. The number of amides is 1. The van der Waals surface area contributed by atoms with E-state index in [4.69, 9.17) is 4.42 Å². The molecule has 3 aromatic rings. The van der Waals surface area contributed by atoms with E-state index in [9.17, 15) is 4.79 Å². The molecular weight excluding hydrogens is 442 g/mol. The van der Waals surface area contributed by atoms with Crippen molar-refractivity contribution in [1.82, 2.24) is 20.2 Å². The molecule has 2 aromatic heterocycles. The Balaban J connectivity index is 1.68. The van der Waals surface area contributed by atoms with Gasteiger partial charge in [0.2, 0.25) is 0 Å². The van der Waals surface area contributed by atoms with Crippen molar-refractivity contribution < 1.29 is 9.21 Å². The Hall–Kier alpha value is -2.65. The van der Waals surface area contributed by atoms with Crippen LogP contribution in [0.5, 0.6) is 0 Å². The number of rotatable bonds is 8. The normalized spacial score (nSPS) is 11.1. The molecule has 0 bridgehead atoms. The number of carbonyl (C=O) groups excluding carboxylic acids is 1. The highest BCUT2D eigenvalue weighted by atomic mass is 79.9. The third-order valence-corrected chi connectivity index (χ3v) is 5.00. The number of nitrogens with one attached hydrogen (secondary N) is 1. The molecule has 3 rings (SSSR count). The zero-order valence-electron chi connectivity index (χ0n) is 15.1. The van der Waals surface area contributed by atoms with Crippen molar-refractivity contribution >= 4 is 39.8 Å². The summed E-state index contributed by atoms with van der Waals surface area (Å²) in [5, 5.41) is 13.1. The second kappa shape index (κ2) is 9.52. The van der Waals surface area contributed by atoms with E-state index in [0.29, 0.717) is 17.5 Å². The van der Waals surface area contributed by atoms with Crippen LogP contribution in [0.15, 0.2) is 74.0 Å². The predicted molar refractivity (Wildman–Crippen MR) is 113 cm³/mol. The zero-order valence-corrected chi connectivity index (χ0v) is 17.5. The number of hydrogen-bond donors (Lipinski definition) is 1. The van der Waals surface area contributed by atoms with E-state index in [1.165, 1.54) is 24.2 Å². The van der Waals surface area contributed by atoms with Gasteiger partial charge in [-0.15, -0.1) is 10.2 Å². The lowest BCUT2D eigenvalue weighted by molar-refractivity contribution is -0.118. The molecule has 28 heavy (non-hydrogen) atoms. The number of hydrazone groups is 1. The second-order valence-electron chi connectivity index (χ2n) is 5.95. The Kier molecular flexibility index (Phi) is 6.83. The SMILES string of the molecule is C=C(C)Cn1c(SCC(=O)N/N=C/c2ccco2)nnc1-c1ccc(Br)cc1. The third kappa shape index (κ3) is 5.43. The molecular formula is C19H18BrN5O2S. The van der Waals surface area contributed by atoms with E-state index in [1.54, 1.807) is 12.1 Å². The van der Waals surface area contributed by atoms with Crippen LogP contribution in [-0.2, 0) is 11.3 Å². The van der Waals surface area contributed by atoms with Gasteiger partial charge < -0.3 is 4.42 Å². The summed E-state index contributed by atoms with van der Waals surface area (Å²) in [6, 6.07) is 11.3. The molecule has 7 nitrogen and oxygen atoms in total. The van der Waals surface area contributed by atoms with Gasteiger partial charge in [0.05, 0.1) is 18.2 Å². The number of halogens is 1. The van der Waals surface area contributed by atoms with Crippen LogP contribution in [-0.4, -0.2) is 32.6 Å². The lowest BCUT2D eigenvalue weighted by atomic mass is 10.2. The van der Waals surface area contributed by atoms with Crippen molar-refractivity contribution in [1.29, 1.82) is 0 Å². The first-order chi connectivity index (χ1) is 13.5. The largest absolute Gasteiger partial charge is 0.463 e. The van der Waals surface area contributed by atoms with Gasteiger partial charge in [0.15, 0.2) is 11.0 Å². The summed E-state index contributed by atoms with van der Waals surface area (Å²) in [5.41, 5.74) is 4.37. The highest BCUT2D eigenvalue weighted by Gasteiger charge is 2.15. The van der Waals surface area contributed by atoms with E-state index < -0.39 is 0 Å². The Bertz CT molecular complexity index is 980. The highest BCUT2D eigenvalue weighted by molar-refractivity contribution is 9.10. The van der Waals surface area contributed by atoms with Crippen LogP contribution in [0.25, 0.3) is 11.4 Å². The minimum absolute atomic E-state index is 0.157. The van der Waals surface area contributed by atoms with Gasteiger partial charge in [0, 0.05) is 16.6 Å². The lowest BCUT2D eigenvalue weighted by Crippen LogP contribution is -2.20. The maximum absolute atomic E-state index is 12.0. The van der Waals surface area contributed by atoms with Crippen molar-refractivity contribution in [3.05, 3.63) is 65.0 Å². The smallest absolute Gasteiger partial charge is 0.250 e. The van der Waals surface area contributed by atoms with Gasteiger partial charge in [-0.3, -0.25) is 9.36 Å². The third-order valence-electron chi connectivity index (χ3n) is 3.50. The summed E-state index contributed by atoms with van der Waals surface area (Å²) >= 11 is 4.73. The number of furan rings is 1. The Morgan fingerprint density at radius 1 is 1.36 bits per heavy atom. The summed E-state index contributed by atoms with van der Waals surface area (Å²) < 4.78 is 8.05. The van der Waals surface area contributed by atoms with E-state index in [1.807, 2.05) is 35.8 Å². The van der Waals surface area contributed by atoms with Gasteiger partial charge in [-0.2, -0.15) is 5.10 Å². The number of benzene rings is 1. The monoisotopic (exact) mass is 459 g/mol. The van der Waals surface area contributed by atoms with Crippen molar-refractivity contribution in [2.24, 2.45) is 5.10 Å². The van der Waals surface area contributed by atoms with Crippen LogP contribution >= 0.6 is 27.7 Å². The maximum atomic E-state index is 12.0. The summed E-state index contributed by atoms with van der Waals surface area (Å²) in [7, 11) is 0. The molecule has 0 unspecified atom stereocenters. The molecule has 0 saturated carbocycles. The average Bonchev–Trinajstić information content (AvgIpc) is 3.31. The summed E-state index contributed by atoms with van der Waals surface area (Å²) in [5.74, 6) is 1.20. The second-order valence-corrected chi connectivity index (χ2v) is 7.81. The van der Waals surface area contributed by atoms with Gasteiger partial charge in [-0.1, -0.05) is 52.0 Å². The number of hydrogen-bond acceptors (Lipinski definition) is 6. The Morgan fingerprint density at radius 2 is 2.14 bits per heavy atom. The molecule has 0 saturated heterocycles. The Morgan fingerprint density at radius 3 is 2.82 bits per heavy atom. The molecule has 1 aromatic carbocycles. The van der Waals surface area contributed by atoms with Crippen LogP contribution in [0.1, 0.15) is 12.7 Å². The van der Waals surface area contributed by atoms with Crippen molar-refractivity contribution in [2.45, 2.75) is 18.6 Å². The van der Waals surface area contributed by atoms with Crippen LogP contribution in [0.2, 0.25) is 0 Å². The summed E-state index contributed by atoms with van der Waals surface area (Å²) in [6.07, 6.45) is 2.98. The number of allylic oxidation sites excluding steroid dienone is 1. The van der Waals surface area contributed by atoms with Crippen molar-refractivity contribution in [3.8, 4) is 11.4 Å². The van der Waals surface area contributed by atoms with E-state index in [0.717, 1.165) is 21.4 Å². The van der Waals surface area contributed by atoms with Gasteiger partial charge in [-0.25, -0.2) is 5.43 Å². The number of nitrogens with zero attached hydrogens (tertiary/aromatic N) is 4. The number of aromatic nitrogens is 3. The fourth-order valence-electron chi connectivity index (χ4n) is 2.32. The molecule has 0 aliphatic carbocycles. The molecule has 144 valence electrons. The van der Waals surface area contributed by atoms with Gasteiger partial charge in [0.1, 0.15) is 5.76 Å². The topological polar surface area (TPSA) is 85.3 Å². The summed E-state index contributed by atoms with van der Waals surface area (Å²) in [4.78, 5) is 12.0. The zero-order chi connectivity index (χ0) is 19.9. The van der Waals surface area contributed by atoms with Gasteiger partial charge in [0.25, 0.3) is 5.91 Å². The van der Waals surface area contributed by atoms with Gasteiger partial charge >= 0.3 is 0 Å². The first-order valence-electron chi connectivity index (χ1n) is 8.34. The molecule has 0 radical (unpaired) electrons.